The zero-order valence-corrected chi connectivity index (χ0v) is 11.7. The van der Waals surface area contributed by atoms with Crippen LogP contribution in [0.5, 0.6) is 11.5 Å². The highest BCUT2D eigenvalue weighted by molar-refractivity contribution is 5.37. The lowest BCUT2D eigenvalue weighted by atomic mass is 10.1. The first-order chi connectivity index (χ1) is 9.63. The molecule has 106 valence electrons. The fourth-order valence-corrected chi connectivity index (χ4v) is 1.96. The number of hydrogen-bond donors (Lipinski definition) is 1. The second kappa shape index (κ2) is 6.39. The molecule has 0 aromatic heterocycles. The van der Waals surface area contributed by atoms with Crippen LogP contribution in [0.2, 0.25) is 0 Å². The van der Waals surface area contributed by atoms with Crippen molar-refractivity contribution in [2.75, 3.05) is 7.11 Å². The average Bonchev–Trinajstić information content (AvgIpc) is 2.45. The summed E-state index contributed by atoms with van der Waals surface area (Å²) in [6.07, 6.45) is 0. The van der Waals surface area contributed by atoms with E-state index in [2.05, 4.69) is 0 Å². The van der Waals surface area contributed by atoms with Gasteiger partial charge in [0.15, 0.2) is 0 Å². The van der Waals surface area contributed by atoms with E-state index in [0.717, 1.165) is 16.9 Å². The van der Waals surface area contributed by atoms with Crippen LogP contribution >= 0.6 is 0 Å². The zero-order valence-electron chi connectivity index (χ0n) is 11.7. The quantitative estimate of drug-likeness (QED) is 0.911. The molecular weight excluding hydrogens is 257 g/mol. The number of benzene rings is 2. The normalized spacial score (nSPS) is 10.4. The summed E-state index contributed by atoms with van der Waals surface area (Å²) >= 11 is 0. The van der Waals surface area contributed by atoms with Crippen LogP contribution in [0.25, 0.3) is 0 Å². The van der Waals surface area contributed by atoms with E-state index in [1.807, 2.05) is 25.1 Å². The Morgan fingerprint density at radius 1 is 1.10 bits per heavy atom. The van der Waals surface area contributed by atoms with Crippen LogP contribution in [0, 0.1) is 12.7 Å². The fourth-order valence-electron chi connectivity index (χ4n) is 1.96. The Morgan fingerprint density at radius 3 is 2.55 bits per heavy atom. The molecule has 2 aromatic carbocycles. The van der Waals surface area contributed by atoms with Gasteiger partial charge in [0.05, 0.1) is 7.11 Å². The van der Waals surface area contributed by atoms with E-state index < -0.39 is 0 Å². The molecule has 20 heavy (non-hydrogen) atoms. The van der Waals surface area contributed by atoms with E-state index in [1.165, 1.54) is 6.07 Å². The Hall–Kier alpha value is -2.07. The Balaban J connectivity index is 2.12. The lowest BCUT2D eigenvalue weighted by Gasteiger charge is -2.11. The van der Waals surface area contributed by atoms with E-state index in [1.54, 1.807) is 19.2 Å². The topological polar surface area (TPSA) is 44.5 Å². The summed E-state index contributed by atoms with van der Waals surface area (Å²) in [5.41, 5.74) is 7.95. The third kappa shape index (κ3) is 3.27. The Bertz CT molecular complexity index is 599. The van der Waals surface area contributed by atoms with Crippen LogP contribution < -0.4 is 15.2 Å². The highest BCUT2D eigenvalue weighted by Gasteiger charge is 2.06. The zero-order chi connectivity index (χ0) is 14.5. The molecule has 0 aliphatic carbocycles. The molecular formula is C16H18FNO2. The summed E-state index contributed by atoms with van der Waals surface area (Å²) in [5, 5.41) is 0. The molecule has 0 radical (unpaired) electrons. The molecule has 0 atom stereocenters. The summed E-state index contributed by atoms with van der Waals surface area (Å²) < 4.78 is 24.5. The fraction of sp³-hybridized carbons (Fsp3) is 0.250. The van der Waals surface area contributed by atoms with Gasteiger partial charge in [0, 0.05) is 23.7 Å². The maximum Gasteiger partial charge on any atom is 0.131 e. The molecule has 0 saturated carbocycles. The van der Waals surface area contributed by atoms with Crippen molar-refractivity contribution in [3.63, 3.8) is 0 Å². The van der Waals surface area contributed by atoms with Crippen molar-refractivity contribution < 1.29 is 13.9 Å². The maximum atomic E-state index is 13.6. The van der Waals surface area contributed by atoms with Crippen molar-refractivity contribution >= 4 is 0 Å². The molecule has 0 amide bonds. The molecule has 2 rings (SSSR count). The predicted molar refractivity (Wildman–Crippen MR) is 76.4 cm³/mol. The Labute approximate surface area is 118 Å². The number of methoxy groups -OCH3 is 1. The van der Waals surface area contributed by atoms with E-state index in [4.69, 9.17) is 15.2 Å². The predicted octanol–water partition coefficient (Wildman–Crippen LogP) is 3.18. The minimum absolute atomic E-state index is 0.178. The molecule has 0 aliphatic heterocycles. The van der Waals surface area contributed by atoms with Gasteiger partial charge in [0.2, 0.25) is 0 Å². The maximum absolute atomic E-state index is 13.6. The highest BCUT2D eigenvalue weighted by Crippen LogP contribution is 2.23. The number of nitrogens with two attached hydrogens (primary N) is 1. The van der Waals surface area contributed by atoms with Gasteiger partial charge in [-0.2, -0.15) is 0 Å². The minimum Gasteiger partial charge on any atom is -0.496 e. The van der Waals surface area contributed by atoms with Crippen molar-refractivity contribution in [3.05, 3.63) is 58.9 Å². The van der Waals surface area contributed by atoms with Crippen LogP contribution in [0.1, 0.15) is 16.7 Å². The summed E-state index contributed by atoms with van der Waals surface area (Å²) in [6, 6.07) is 10.6. The average molecular weight is 275 g/mol. The first kappa shape index (κ1) is 14.3. The van der Waals surface area contributed by atoms with Crippen molar-refractivity contribution in [2.24, 2.45) is 5.73 Å². The van der Waals surface area contributed by atoms with Gasteiger partial charge in [-0.3, -0.25) is 0 Å². The molecule has 0 spiro atoms. The first-order valence-electron chi connectivity index (χ1n) is 6.39. The van der Waals surface area contributed by atoms with Crippen LogP contribution in [0.15, 0.2) is 36.4 Å². The standard InChI is InChI=1S/C16H18FNO2/c1-11-3-6-16(19-2)13(7-11)10-20-14-5-4-12(9-18)15(17)8-14/h3-8H,9-10,18H2,1-2H3. The number of ether oxygens (including phenoxy) is 2. The number of halogens is 1. The summed E-state index contributed by atoms with van der Waals surface area (Å²) in [7, 11) is 1.61. The molecule has 2 N–H and O–H groups in total. The summed E-state index contributed by atoms with van der Waals surface area (Å²) in [5.74, 6) is 0.888. The van der Waals surface area contributed by atoms with E-state index in [9.17, 15) is 4.39 Å². The first-order valence-corrected chi connectivity index (χ1v) is 6.39. The van der Waals surface area contributed by atoms with Crippen molar-refractivity contribution in [1.82, 2.24) is 0 Å². The minimum atomic E-state index is -0.346. The van der Waals surface area contributed by atoms with Gasteiger partial charge < -0.3 is 15.2 Å². The monoisotopic (exact) mass is 275 g/mol. The third-order valence-electron chi connectivity index (χ3n) is 3.07. The van der Waals surface area contributed by atoms with Crippen molar-refractivity contribution in [1.29, 1.82) is 0 Å². The molecule has 3 nitrogen and oxygen atoms in total. The SMILES string of the molecule is COc1ccc(C)cc1COc1ccc(CN)c(F)c1. The smallest absolute Gasteiger partial charge is 0.131 e. The molecule has 0 heterocycles. The van der Waals surface area contributed by atoms with Gasteiger partial charge in [0.1, 0.15) is 23.9 Å². The van der Waals surface area contributed by atoms with Crippen molar-refractivity contribution in [2.45, 2.75) is 20.1 Å². The molecule has 2 aromatic rings. The van der Waals surface area contributed by atoms with Gasteiger partial charge >= 0.3 is 0 Å². The molecule has 0 aliphatic rings. The van der Waals surface area contributed by atoms with E-state index in [0.29, 0.717) is 17.9 Å². The van der Waals surface area contributed by atoms with E-state index in [-0.39, 0.29) is 12.4 Å². The van der Waals surface area contributed by atoms with Gasteiger partial charge in [-0.1, -0.05) is 17.7 Å². The summed E-state index contributed by atoms with van der Waals surface area (Å²) in [4.78, 5) is 0. The van der Waals surface area contributed by atoms with E-state index >= 15 is 0 Å². The number of aryl methyl sites for hydroxylation is 1. The lowest BCUT2D eigenvalue weighted by molar-refractivity contribution is 0.295. The lowest BCUT2D eigenvalue weighted by Crippen LogP contribution is -2.02. The molecule has 0 fully saturated rings. The van der Waals surface area contributed by atoms with Gasteiger partial charge in [-0.15, -0.1) is 0 Å². The summed E-state index contributed by atoms with van der Waals surface area (Å²) in [6.45, 7) is 2.50. The van der Waals surface area contributed by atoms with Crippen LogP contribution in [0.3, 0.4) is 0 Å². The Morgan fingerprint density at radius 2 is 1.90 bits per heavy atom. The number of rotatable bonds is 5. The highest BCUT2D eigenvalue weighted by atomic mass is 19.1. The van der Waals surface area contributed by atoms with Crippen molar-refractivity contribution in [3.8, 4) is 11.5 Å². The van der Waals surface area contributed by atoms with Gasteiger partial charge in [-0.25, -0.2) is 4.39 Å². The molecule has 0 unspecified atom stereocenters. The second-order valence-corrected chi connectivity index (χ2v) is 4.56. The molecule has 0 saturated heterocycles. The molecule has 0 bridgehead atoms. The number of hydrogen-bond acceptors (Lipinski definition) is 3. The molecule has 4 heteroatoms. The van der Waals surface area contributed by atoms with Crippen LogP contribution in [0.4, 0.5) is 4.39 Å². The Kier molecular flexibility index (Phi) is 4.58. The van der Waals surface area contributed by atoms with Gasteiger partial charge in [-0.05, 0) is 25.1 Å². The van der Waals surface area contributed by atoms with Gasteiger partial charge in [0.25, 0.3) is 0 Å². The third-order valence-corrected chi connectivity index (χ3v) is 3.07. The largest absolute Gasteiger partial charge is 0.496 e. The second-order valence-electron chi connectivity index (χ2n) is 4.56. The van der Waals surface area contributed by atoms with Crippen LogP contribution in [-0.2, 0) is 13.2 Å². The van der Waals surface area contributed by atoms with Crippen LogP contribution in [-0.4, -0.2) is 7.11 Å².